The summed E-state index contributed by atoms with van der Waals surface area (Å²) in [6, 6.07) is 0. The number of aliphatic hydroxyl groups excluding tert-OH is 2. The van der Waals surface area contributed by atoms with Gasteiger partial charge in [0.1, 0.15) is 12.7 Å². The fourth-order valence-electron chi connectivity index (χ4n) is 9.28. The zero-order valence-electron chi connectivity index (χ0n) is 24.1. The summed E-state index contributed by atoms with van der Waals surface area (Å²) in [7, 11) is 0. The normalized spacial score (nSPS) is 38.2. The molecule has 214 valence electrons. The molecule has 0 aliphatic heterocycles. The smallest absolute Gasteiger partial charge is 0.302 e. The summed E-state index contributed by atoms with van der Waals surface area (Å²) >= 11 is 0. The van der Waals surface area contributed by atoms with E-state index in [2.05, 4.69) is 27.7 Å². The zero-order valence-corrected chi connectivity index (χ0v) is 24.1. The minimum atomic E-state index is -0.522. The molecule has 0 heterocycles. The van der Waals surface area contributed by atoms with E-state index in [0.29, 0.717) is 24.7 Å². The molecule has 0 aromatic carbocycles. The Morgan fingerprint density at radius 1 is 1.03 bits per heavy atom. The maximum absolute atomic E-state index is 12.5. The maximum atomic E-state index is 12.5. The third-order valence-electron chi connectivity index (χ3n) is 11.0. The molecule has 7 nitrogen and oxygen atoms in total. The zero-order chi connectivity index (χ0) is 28.0. The van der Waals surface area contributed by atoms with Gasteiger partial charge >= 0.3 is 11.9 Å². The molecule has 2 N–H and O–H groups in total. The number of aliphatic hydroxyl groups is 2. The Labute approximate surface area is 227 Å². The fourth-order valence-corrected chi connectivity index (χ4v) is 9.28. The molecular weight excluding hydrogens is 484 g/mol. The minimum Gasteiger partial charge on any atom is -0.504 e. The van der Waals surface area contributed by atoms with Crippen molar-refractivity contribution in [1.82, 2.24) is 0 Å². The average molecular weight is 533 g/mol. The molecule has 4 aliphatic carbocycles. The molecule has 0 saturated heterocycles. The number of carbonyl (C=O) groups excluding carboxylic acids is 3. The summed E-state index contributed by atoms with van der Waals surface area (Å²) in [6.07, 6.45) is 5.87. The molecule has 0 unspecified atom stereocenters. The Kier molecular flexibility index (Phi) is 8.38. The van der Waals surface area contributed by atoms with E-state index >= 15 is 0 Å². The lowest BCUT2D eigenvalue weighted by molar-refractivity contribution is -0.154. The van der Waals surface area contributed by atoms with Crippen LogP contribution in [0, 0.1) is 46.3 Å². The second-order valence-corrected chi connectivity index (χ2v) is 13.5. The van der Waals surface area contributed by atoms with Gasteiger partial charge in [0.2, 0.25) is 0 Å². The molecule has 3 fully saturated rings. The number of ether oxygens (including phenoxy) is 2. The van der Waals surface area contributed by atoms with E-state index in [9.17, 15) is 24.6 Å². The van der Waals surface area contributed by atoms with E-state index in [1.54, 1.807) is 0 Å². The number of Topliss-reactive ketones (excluding diaryl/α,β-unsaturated/α-hetero) is 1. The Bertz CT molecular complexity index is 969. The Morgan fingerprint density at radius 3 is 2.37 bits per heavy atom. The van der Waals surface area contributed by atoms with Crippen molar-refractivity contribution in [2.75, 3.05) is 6.61 Å². The molecule has 0 aromatic rings. The minimum absolute atomic E-state index is 0.00458. The van der Waals surface area contributed by atoms with Crippen LogP contribution in [0.4, 0.5) is 0 Å². The van der Waals surface area contributed by atoms with Gasteiger partial charge in [-0.2, -0.15) is 0 Å². The van der Waals surface area contributed by atoms with Crippen molar-refractivity contribution in [3.63, 3.8) is 0 Å². The van der Waals surface area contributed by atoms with E-state index in [1.165, 1.54) is 13.8 Å². The third-order valence-corrected chi connectivity index (χ3v) is 11.0. The largest absolute Gasteiger partial charge is 0.504 e. The van der Waals surface area contributed by atoms with Crippen molar-refractivity contribution in [2.45, 2.75) is 112 Å². The molecule has 9 atom stereocenters. The van der Waals surface area contributed by atoms with Gasteiger partial charge in [0.25, 0.3) is 0 Å². The molecule has 3 saturated carbocycles. The van der Waals surface area contributed by atoms with Crippen molar-refractivity contribution in [3.05, 3.63) is 11.3 Å². The van der Waals surface area contributed by atoms with Crippen molar-refractivity contribution in [3.8, 4) is 0 Å². The predicted octanol–water partition coefficient (Wildman–Crippen LogP) is 5.54. The molecule has 0 aromatic heterocycles. The van der Waals surface area contributed by atoms with Gasteiger partial charge in [0, 0.05) is 31.6 Å². The number of hydrogen-bond acceptors (Lipinski definition) is 7. The van der Waals surface area contributed by atoms with Gasteiger partial charge in [-0.25, -0.2) is 0 Å². The SMILES string of the molecule is CC(=O)OC[C@]12CCC(=O)C(O)=C1CC[C@H]1[C@H]2CC[C@]2(C)[C@@H]([C@H](C)[C@H](O)CCC(C)C)[C@@H](OC(C)=O)C[C@H]12. The second-order valence-electron chi connectivity index (χ2n) is 13.5. The summed E-state index contributed by atoms with van der Waals surface area (Å²) in [5, 5.41) is 22.1. The van der Waals surface area contributed by atoms with Crippen molar-refractivity contribution in [2.24, 2.45) is 46.3 Å². The first kappa shape index (κ1) is 29.1. The molecule has 0 amide bonds. The Balaban J connectivity index is 1.68. The van der Waals surface area contributed by atoms with Gasteiger partial charge in [0.15, 0.2) is 11.5 Å². The van der Waals surface area contributed by atoms with Gasteiger partial charge < -0.3 is 19.7 Å². The molecule has 4 aliphatic rings. The summed E-state index contributed by atoms with van der Waals surface area (Å²) in [5.74, 6) is 0.380. The number of hydrogen-bond donors (Lipinski definition) is 2. The second kappa shape index (κ2) is 10.9. The van der Waals surface area contributed by atoms with Gasteiger partial charge in [0.05, 0.1) is 6.10 Å². The van der Waals surface area contributed by atoms with Crippen LogP contribution in [0.3, 0.4) is 0 Å². The summed E-state index contributed by atoms with van der Waals surface area (Å²) in [4.78, 5) is 36.5. The first-order valence-corrected chi connectivity index (χ1v) is 14.8. The summed E-state index contributed by atoms with van der Waals surface area (Å²) in [5.41, 5.74) is 0.157. The lowest BCUT2D eigenvalue weighted by Gasteiger charge is -2.59. The number of rotatable bonds is 8. The topological polar surface area (TPSA) is 110 Å². The molecule has 4 rings (SSSR count). The van der Waals surface area contributed by atoms with Gasteiger partial charge in [-0.15, -0.1) is 0 Å². The van der Waals surface area contributed by atoms with Gasteiger partial charge in [-0.1, -0.05) is 27.7 Å². The maximum Gasteiger partial charge on any atom is 0.302 e. The number of fused-ring (bicyclic) bond motifs is 5. The lowest BCUT2D eigenvalue weighted by Crippen LogP contribution is -2.54. The monoisotopic (exact) mass is 532 g/mol. The number of esters is 2. The Morgan fingerprint density at radius 2 is 1.74 bits per heavy atom. The van der Waals surface area contributed by atoms with Crippen LogP contribution in [-0.4, -0.2) is 46.7 Å². The standard InChI is InChI=1S/C31H48O7/c1-17(2)7-10-25(34)18(3)28-27(38-20(5)33)15-24-21-8-9-23-29(36)26(35)12-14-31(23,16-37-19(4)32)22(21)11-13-30(24,28)6/h17-18,21-22,24-25,27-28,34,36H,7-16H2,1-6H3/t18-,21+,22-,24-,25-,27+,28+,30+,31+/m1/s1. The molecule has 38 heavy (non-hydrogen) atoms. The van der Waals surface area contributed by atoms with Gasteiger partial charge in [-0.3, -0.25) is 14.4 Å². The van der Waals surface area contributed by atoms with Crippen LogP contribution in [0.2, 0.25) is 0 Å². The predicted molar refractivity (Wildman–Crippen MR) is 143 cm³/mol. The fraction of sp³-hybridized carbons (Fsp3) is 0.839. The number of ketones is 1. The van der Waals surface area contributed by atoms with Crippen molar-refractivity contribution < 1.29 is 34.1 Å². The first-order chi connectivity index (χ1) is 17.8. The lowest BCUT2D eigenvalue weighted by atomic mass is 9.46. The Hall–Kier alpha value is -1.89. The van der Waals surface area contributed by atoms with Gasteiger partial charge in [-0.05, 0) is 91.9 Å². The van der Waals surface area contributed by atoms with E-state index in [0.717, 1.165) is 44.1 Å². The summed E-state index contributed by atoms with van der Waals surface area (Å²) in [6.45, 7) is 11.9. The molecular formula is C31H48O7. The highest BCUT2D eigenvalue weighted by molar-refractivity contribution is 5.95. The molecule has 7 heteroatoms. The molecule has 0 spiro atoms. The van der Waals surface area contributed by atoms with Crippen LogP contribution in [-0.2, 0) is 23.9 Å². The summed E-state index contributed by atoms with van der Waals surface area (Å²) < 4.78 is 11.6. The van der Waals surface area contributed by atoms with Crippen LogP contribution in [0.15, 0.2) is 11.3 Å². The average Bonchev–Trinajstić information content (AvgIpc) is 3.14. The highest BCUT2D eigenvalue weighted by Crippen LogP contribution is 2.68. The highest BCUT2D eigenvalue weighted by Gasteiger charge is 2.65. The van der Waals surface area contributed by atoms with Crippen LogP contribution < -0.4 is 0 Å². The third kappa shape index (κ3) is 5.04. The van der Waals surface area contributed by atoms with Crippen LogP contribution >= 0.6 is 0 Å². The van der Waals surface area contributed by atoms with Crippen molar-refractivity contribution >= 4 is 17.7 Å². The van der Waals surface area contributed by atoms with Crippen LogP contribution in [0.1, 0.15) is 99.3 Å². The van der Waals surface area contributed by atoms with Crippen molar-refractivity contribution in [1.29, 1.82) is 0 Å². The highest BCUT2D eigenvalue weighted by atomic mass is 16.5. The first-order valence-electron chi connectivity index (χ1n) is 14.8. The van der Waals surface area contributed by atoms with E-state index in [1.807, 2.05) is 0 Å². The molecule has 0 bridgehead atoms. The van der Waals surface area contributed by atoms with Crippen LogP contribution in [0.5, 0.6) is 0 Å². The number of carbonyl (C=O) groups is 3. The van der Waals surface area contributed by atoms with E-state index in [4.69, 9.17) is 9.47 Å². The van der Waals surface area contributed by atoms with Crippen LogP contribution in [0.25, 0.3) is 0 Å². The molecule has 0 radical (unpaired) electrons. The quantitative estimate of drug-likeness (QED) is 0.395. The van der Waals surface area contributed by atoms with E-state index in [-0.39, 0.29) is 71.7 Å². The van der Waals surface area contributed by atoms with E-state index < -0.39 is 11.5 Å².